The highest BCUT2D eigenvalue weighted by atomic mass is 16.1. The van der Waals surface area contributed by atoms with Gasteiger partial charge in [0, 0.05) is 29.7 Å². The topological polar surface area (TPSA) is 75.6 Å². The van der Waals surface area contributed by atoms with Gasteiger partial charge in [-0.25, -0.2) is 4.98 Å². The third kappa shape index (κ3) is 2.33. The normalized spacial score (nSPS) is 10.8. The molecular weight excluding hydrogens is 242 g/mol. The number of amides is 1. The average molecular weight is 255 g/mol. The third-order valence-electron chi connectivity index (χ3n) is 2.87. The Kier molecular flexibility index (Phi) is 2.75. The molecule has 0 spiro atoms. The molecule has 19 heavy (non-hydrogen) atoms. The summed E-state index contributed by atoms with van der Waals surface area (Å²) in [6, 6.07) is 7.47. The summed E-state index contributed by atoms with van der Waals surface area (Å²) in [4.78, 5) is 19.2. The molecule has 0 atom stereocenters. The van der Waals surface area contributed by atoms with Crippen LogP contribution in [0.3, 0.4) is 0 Å². The fourth-order valence-corrected chi connectivity index (χ4v) is 1.92. The van der Waals surface area contributed by atoms with Crippen molar-refractivity contribution in [1.29, 1.82) is 0 Å². The lowest BCUT2D eigenvalue weighted by Crippen LogP contribution is -2.23. The zero-order valence-corrected chi connectivity index (χ0v) is 10.4. The van der Waals surface area contributed by atoms with Crippen LogP contribution in [0.15, 0.2) is 36.8 Å². The Morgan fingerprint density at radius 2 is 2.32 bits per heavy atom. The summed E-state index contributed by atoms with van der Waals surface area (Å²) in [5.74, 6) is 0.467. The van der Waals surface area contributed by atoms with Crippen LogP contribution < -0.4 is 5.32 Å². The predicted octanol–water partition coefficient (Wildman–Crippen LogP) is 1.23. The van der Waals surface area contributed by atoms with Crippen molar-refractivity contribution in [3.05, 3.63) is 48.2 Å². The van der Waals surface area contributed by atoms with Crippen molar-refractivity contribution < 1.29 is 4.79 Å². The van der Waals surface area contributed by atoms with E-state index in [9.17, 15) is 4.79 Å². The number of rotatable bonds is 3. The number of benzene rings is 1. The Labute approximate surface area is 109 Å². The molecule has 0 saturated heterocycles. The van der Waals surface area contributed by atoms with Crippen molar-refractivity contribution in [3.8, 4) is 0 Å². The highest BCUT2D eigenvalue weighted by Gasteiger charge is 2.07. The van der Waals surface area contributed by atoms with Crippen molar-refractivity contribution >= 4 is 16.8 Å². The van der Waals surface area contributed by atoms with Gasteiger partial charge in [0.05, 0.1) is 6.54 Å². The molecule has 0 bridgehead atoms. The summed E-state index contributed by atoms with van der Waals surface area (Å²) in [7, 11) is 1.79. The molecule has 3 rings (SSSR count). The van der Waals surface area contributed by atoms with Gasteiger partial charge in [-0.2, -0.15) is 5.10 Å². The van der Waals surface area contributed by atoms with E-state index in [4.69, 9.17) is 0 Å². The van der Waals surface area contributed by atoms with E-state index in [0.717, 1.165) is 10.9 Å². The summed E-state index contributed by atoms with van der Waals surface area (Å²) >= 11 is 0. The molecule has 2 heterocycles. The summed E-state index contributed by atoms with van der Waals surface area (Å²) < 4.78 is 1.60. The molecule has 96 valence electrons. The largest absolute Gasteiger partial charge is 0.361 e. The second-order valence-corrected chi connectivity index (χ2v) is 4.30. The minimum atomic E-state index is -0.129. The Morgan fingerprint density at radius 1 is 1.42 bits per heavy atom. The van der Waals surface area contributed by atoms with Crippen molar-refractivity contribution in [2.24, 2.45) is 7.05 Å². The van der Waals surface area contributed by atoms with E-state index in [1.807, 2.05) is 24.4 Å². The molecule has 0 aliphatic rings. The maximum atomic E-state index is 12.0. The second kappa shape index (κ2) is 4.56. The fourth-order valence-electron chi connectivity index (χ4n) is 1.92. The first-order chi connectivity index (χ1) is 9.22. The zero-order chi connectivity index (χ0) is 13.2. The number of fused-ring (bicyclic) bond motifs is 1. The zero-order valence-electron chi connectivity index (χ0n) is 10.4. The van der Waals surface area contributed by atoms with Crippen LogP contribution in [0.5, 0.6) is 0 Å². The Bertz CT molecular complexity index is 727. The van der Waals surface area contributed by atoms with Crippen LogP contribution in [0.25, 0.3) is 10.9 Å². The summed E-state index contributed by atoms with van der Waals surface area (Å²) in [5, 5.41) is 7.92. The molecule has 0 fully saturated rings. The van der Waals surface area contributed by atoms with E-state index >= 15 is 0 Å². The molecule has 1 aromatic carbocycles. The van der Waals surface area contributed by atoms with Gasteiger partial charge in [-0.05, 0) is 24.3 Å². The fraction of sp³-hybridized carbons (Fsp3) is 0.154. The van der Waals surface area contributed by atoms with Gasteiger partial charge >= 0.3 is 0 Å². The second-order valence-electron chi connectivity index (χ2n) is 4.30. The van der Waals surface area contributed by atoms with E-state index in [1.54, 1.807) is 24.1 Å². The van der Waals surface area contributed by atoms with Gasteiger partial charge in [-0.1, -0.05) is 0 Å². The lowest BCUT2D eigenvalue weighted by Gasteiger charge is -2.03. The molecule has 2 aromatic heterocycles. The van der Waals surface area contributed by atoms with Gasteiger partial charge in [-0.15, -0.1) is 0 Å². The van der Waals surface area contributed by atoms with E-state index in [-0.39, 0.29) is 5.91 Å². The van der Waals surface area contributed by atoms with Gasteiger partial charge in [0.2, 0.25) is 0 Å². The number of aromatic nitrogens is 4. The Balaban J connectivity index is 1.72. The summed E-state index contributed by atoms with van der Waals surface area (Å²) in [6.45, 7) is 0.324. The molecule has 3 aromatic rings. The van der Waals surface area contributed by atoms with E-state index in [1.165, 1.54) is 0 Å². The predicted molar refractivity (Wildman–Crippen MR) is 70.5 cm³/mol. The van der Waals surface area contributed by atoms with Crippen LogP contribution in [0, 0.1) is 0 Å². The molecule has 2 N–H and O–H groups in total. The molecule has 6 heteroatoms. The van der Waals surface area contributed by atoms with Crippen LogP contribution in [-0.4, -0.2) is 25.7 Å². The lowest BCUT2D eigenvalue weighted by molar-refractivity contribution is 0.0950. The smallest absolute Gasteiger partial charge is 0.251 e. The highest BCUT2D eigenvalue weighted by Crippen LogP contribution is 2.14. The van der Waals surface area contributed by atoms with Gasteiger partial charge in [-0.3, -0.25) is 9.48 Å². The number of aryl methyl sites for hydroxylation is 1. The van der Waals surface area contributed by atoms with Crippen molar-refractivity contribution in [2.75, 3.05) is 0 Å². The van der Waals surface area contributed by atoms with E-state index in [0.29, 0.717) is 17.9 Å². The molecule has 0 aliphatic carbocycles. The number of hydrogen-bond donors (Lipinski definition) is 2. The van der Waals surface area contributed by atoms with Crippen molar-refractivity contribution in [2.45, 2.75) is 6.54 Å². The van der Waals surface area contributed by atoms with Crippen molar-refractivity contribution in [3.63, 3.8) is 0 Å². The first kappa shape index (κ1) is 11.5. The third-order valence-corrected chi connectivity index (χ3v) is 2.87. The first-order valence-electron chi connectivity index (χ1n) is 5.92. The van der Waals surface area contributed by atoms with E-state index in [2.05, 4.69) is 20.4 Å². The highest BCUT2D eigenvalue weighted by molar-refractivity contribution is 5.97. The summed E-state index contributed by atoms with van der Waals surface area (Å²) in [6.07, 6.45) is 3.46. The molecule has 0 aliphatic heterocycles. The number of hydrogen-bond acceptors (Lipinski definition) is 3. The molecule has 0 saturated carbocycles. The standard InChI is InChI=1S/C13H13N5O/c1-18-8-16-12(17-18)7-15-13(19)10-2-3-11-9(6-10)4-5-14-11/h2-6,8,14H,7H2,1H3,(H,15,19). The van der Waals surface area contributed by atoms with Gasteiger partial charge in [0.1, 0.15) is 6.33 Å². The van der Waals surface area contributed by atoms with E-state index < -0.39 is 0 Å². The van der Waals surface area contributed by atoms with Gasteiger partial charge < -0.3 is 10.3 Å². The average Bonchev–Trinajstić information content (AvgIpc) is 3.03. The Morgan fingerprint density at radius 3 is 3.11 bits per heavy atom. The number of nitrogens with one attached hydrogen (secondary N) is 2. The minimum absolute atomic E-state index is 0.129. The monoisotopic (exact) mass is 255 g/mol. The number of carbonyl (C=O) groups is 1. The van der Waals surface area contributed by atoms with Gasteiger partial charge in [0.15, 0.2) is 5.82 Å². The Hall–Kier alpha value is -2.63. The number of aromatic amines is 1. The van der Waals surface area contributed by atoms with Gasteiger partial charge in [0.25, 0.3) is 5.91 Å². The molecular formula is C13H13N5O. The molecule has 0 radical (unpaired) electrons. The number of nitrogens with zero attached hydrogens (tertiary/aromatic N) is 3. The van der Waals surface area contributed by atoms with Crippen molar-refractivity contribution in [1.82, 2.24) is 25.1 Å². The van der Waals surface area contributed by atoms with Crippen LogP contribution in [0.2, 0.25) is 0 Å². The van der Waals surface area contributed by atoms with Crippen LogP contribution in [0.1, 0.15) is 16.2 Å². The first-order valence-corrected chi connectivity index (χ1v) is 5.92. The maximum Gasteiger partial charge on any atom is 0.251 e. The van der Waals surface area contributed by atoms with Crippen LogP contribution >= 0.6 is 0 Å². The summed E-state index contributed by atoms with van der Waals surface area (Å²) in [5.41, 5.74) is 1.64. The minimum Gasteiger partial charge on any atom is -0.361 e. The lowest BCUT2D eigenvalue weighted by atomic mass is 10.1. The van der Waals surface area contributed by atoms with Crippen LogP contribution in [0.4, 0.5) is 0 Å². The maximum absolute atomic E-state index is 12.0. The quantitative estimate of drug-likeness (QED) is 0.739. The van der Waals surface area contributed by atoms with Crippen LogP contribution in [-0.2, 0) is 13.6 Å². The SMILES string of the molecule is Cn1cnc(CNC(=O)c2ccc3[nH]ccc3c2)n1. The molecule has 6 nitrogen and oxygen atoms in total. The molecule has 1 amide bonds. The molecule has 0 unspecified atom stereocenters. The number of H-pyrrole nitrogens is 1. The number of carbonyl (C=O) groups excluding carboxylic acids is 1.